The van der Waals surface area contributed by atoms with Crippen molar-refractivity contribution < 1.29 is 19.1 Å². The first-order valence-corrected chi connectivity index (χ1v) is 7.50. The monoisotopic (exact) mass is 332 g/mol. The maximum Gasteiger partial charge on any atom is 0.414 e. The number of hydrogen-bond donors (Lipinski definition) is 2. The number of carbonyl (C=O) groups excluding carboxylic acids is 3. The Morgan fingerprint density at radius 1 is 1.21 bits per heavy atom. The predicted molar refractivity (Wildman–Crippen MR) is 88.8 cm³/mol. The maximum absolute atomic E-state index is 11.9. The summed E-state index contributed by atoms with van der Waals surface area (Å²) in [6.45, 7) is 5.24. The van der Waals surface area contributed by atoms with Crippen molar-refractivity contribution in [1.82, 2.24) is 10.7 Å². The summed E-state index contributed by atoms with van der Waals surface area (Å²) in [4.78, 5) is 35.3. The quantitative estimate of drug-likeness (QED) is 0.621. The van der Waals surface area contributed by atoms with Crippen LogP contribution in [0.4, 0.5) is 10.5 Å². The van der Waals surface area contributed by atoms with Crippen LogP contribution in [-0.4, -0.2) is 42.8 Å². The van der Waals surface area contributed by atoms with Crippen LogP contribution in [0.15, 0.2) is 29.4 Å². The largest absolute Gasteiger partial charge is 0.442 e. The van der Waals surface area contributed by atoms with Gasteiger partial charge in [-0.15, -0.1) is 0 Å². The Balaban J connectivity index is 2.02. The van der Waals surface area contributed by atoms with E-state index in [4.69, 9.17) is 4.74 Å². The van der Waals surface area contributed by atoms with Gasteiger partial charge >= 0.3 is 6.09 Å². The normalized spacial score (nSPS) is 17.5. The minimum atomic E-state index is -0.443. The van der Waals surface area contributed by atoms with Crippen LogP contribution in [0.3, 0.4) is 0 Å². The Morgan fingerprint density at radius 3 is 2.46 bits per heavy atom. The highest BCUT2D eigenvalue weighted by atomic mass is 16.6. The molecule has 1 aromatic rings. The lowest BCUT2D eigenvalue weighted by molar-refractivity contribution is -0.120. The van der Waals surface area contributed by atoms with Crippen molar-refractivity contribution >= 4 is 29.3 Å². The first-order chi connectivity index (χ1) is 11.4. The van der Waals surface area contributed by atoms with Gasteiger partial charge in [0.2, 0.25) is 11.8 Å². The molecule has 0 aromatic heterocycles. The van der Waals surface area contributed by atoms with Gasteiger partial charge in [-0.1, -0.05) is 12.1 Å². The molecule has 8 nitrogen and oxygen atoms in total. The number of nitrogens with zero attached hydrogens (tertiary/aromatic N) is 2. The van der Waals surface area contributed by atoms with E-state index in [2.05, 4.69) is 15.8 Å². The van der Waals surface area contributed by atoms with E-state index in [9.17, 15) is 14.4 Å². The summed E-state index contributed by atoms with van der Waals surface area (Å²) in [5, 5.41) is 6.59. The molecule has 1 unspecified atom stereocenters. The molecule has 128 valence electrons. The van der Waals surface area contributed by atoms with Crippen LogP contribution in [0.5, 0.6) is 0 Å². The Kier molecular flexibility index (Phi) is 5.51. The minimum Gasteiger partial charge on any atom is -0.442 e. The first-order valence-electron chi connectivity index (χ1n) is 7.50. The fourth-order valence-corrected chi connectivity index (χ4v) is 2.21. The number of hydrazone groups is 1. The third-order valence-electron chi connectivity index (χ3n) is 3.43. The standard InChI is InChI=1S/C16H20N4O4/c1-10(18-19-12(3)22)13-4-6-14(7-5-13)20-9-15(24-16(20)23)8-17-11(2)21/h4-7,15H,8-9H2,1-3H3,(H,17,21)(H,19,22). The molecule has 1 saturated heterocycles. The number of nitrogens with one attached hydrogen (secondary N) is 2. The average Bonchev–Trinajstić information content (AvgIpc) is 2.91. The highest BCUT2D eigenvalue weighted by molar-refractivity contribution is 6.00. The number of cyclic esters (lactones) is 1. The number of benzene rings is 1. The molecule has 2 N–H and O–H groups in total. The van der Waals surface area contributed by atoms with Crippen LogP contribution >= 0.6 is 0 Å². The van der Waals surface area contributed by atoms with E-state index in [1.807, 2.05) is 12.1 Å². The number of amides is 3. The molecule has 1 aliphatic heterocycles. The number of rotatable bonds is 5. The zero-order valence-corrected chi connectivity index (χ0v) is 13.8. The van der Waals surface area contributed by atoms with Crippen molar-refractivity contribution in [3.63, 3.8) is 0 Å². The molecule has 1 aliphatic rings. The number of anilines is 1. The van der Waals surface area contributed by atoms with Crippen LogP contribution < -0.4 is 15.6 Å². The summed E-state index contributed by atoms with van der Waals surface area (Å²) in [5.74, 6) is -0.404. The topological polar surface area (TPSA) is 100 Å². The second kappa shape index (κ2) is 7.58. The average molecular weight is 332 g/mol. The molecule has 1 atom stereocenters. The molecular weight excluding hydrogens is 312 g/mol. The molecule has 24 heavy (non-hydrogen) atoms. The van der Waals surface area contributed by atoms with Crippen LogP contribution in [0.25, 0.3) is 0 Å². The van der Waals surface area contributed by atoms with E-state index in [1.54, 1.807) is 19.1 Å². The van der Waals surface area contributed by atoms with Gasteiger partial charge in [-0.3, -0.25) is 14.5 Å². The smallest absolute Gasteiger partial charge is 0.414 e. The molecular formula is C16H20N4O4. The number of hydrogen-bond acceptors (Lipinski definition) is 5. The molecule has 8 heteroatoms. The molecule has 3 amide bonds. The van der Waals surface area contributed by atoms with E-state index in [0.717, 1.165) is 5.56 Å². The van der Waals surface area contributed by atoms with Crippen molar-refractivity contribution in [1.29, 1.82) is 0 Å². The fraction of sp³-hybridized carbons (Fsp3) is 0.375. The molecule has 0 spiro atoms. The van der Waals surface area contributed by atoms with Gasteiger partial charge in [0.1, 0.15) is 6.10 Å². The lowest BCUT2D eigenvalue weighted by Crippen LogP contribution is -2.33. The molecule has 1 fully saturated rings. The van der Waals surface area contributed by atoms with Gasteiger partial charge in [-0.2, -0.15) is 5.10 Å². The third kappa shape index (κ3) is 4.55. The van der Waals surface area contributed by atoms with Gasteiger partial charge in [-0.05, 0) is 24.6 Å². The van der Waals surface area contributed by atoms with Gasteiger partial charge in [0.05, 0.1) is 18.8 Å². The SMILES string of the molecule is CC(=O)NCC1CN(c2ccc(C(C)=NNC(C)=O)cc2)C(=O)O1. The van der Waals surface area contributed by atoms with Gasteiger partial charge in [0.15, 0.2) is 0 Å². The predicted octanol–water partition coefficient (Wildman–Crippen LogP) is 1.01. The Labute approximate surface area is 139 Å². The second-order valence-corrected chi connectivity index (χ2v) is 5.47. The Bertz CT molecular complexity index is 669. The number of carbonyl (C=O) groups is 3. The third-order valence-corrected chi connectivity index (χ3v) is 3.43. The summed E-state index contributed by atoms with van der Waals surface area (Å²) in [6.07, 6.45) is -0.814. The minimum absolute atomic E-state index is 0.164. The van der Waals surface area contributed by atoms with Crippen LogP contribution in [0.1, 0.15) is 26.3 Å². The summed E-state index contributed by atoms with van der Waals surface area (Å²) < 4.78 is 5.22. The molecule has 1 aromatic carbocycles. The van der Waals surface area contributed by atoms with E-state index in [0.29, 0.717) is 17.9 Å². The van der Waals surface area contributed by atoms with Gasteiger partial charge in [0.25, 0.3) is 0 Å². The maximum atomic E-state index is 11.9. The van der Waals surface area contributed by atoms with Gasteiger partial charge in [0, 0.05) is 19.5 Å². The summed E-state index contributed by atoms with van der Waals surface area (Å²) in [5.41, 5.74) is 4.56. The lowest BCUT2D eigenvalue weighted by Gasteiger charge is -2.13. The van der Waals surface area contributed by atoms with Crippen LogP contribution in [0, 0.1) is 0 Å². The van der Waals surface area contributed by atoms with Crippen molar-refractivity contribution in [3.8, 4) is 0 Å². The van der Waals surface area contributed by atoms with E-state index in [1.165, 1.54) is 18.7 Å². The second-order valence-electron chi connectivity index (χ2n) is 5.47. The molecule has 1 heterocycles. The molecule has 0 saturated carbocycles. The lowest BCUT2D eigenvalue weighted by atomic mass is 10.1. The van der Waals surface area contributed by atoms with Crippen LogP contribution in [0.2, 0.25) is 0 Å². The van der Waals surface area contributed by atoms with Gasteiger partial charge in [-0.25, -0.2) is 10.2 Å². The molecule has 2 rings (SSSR count). The van der Waals surface area contributed by atoms with Crippen molar-refractivity contribution in [2.24, 2.45) is 5.10 Å². The summed E-state index contributed by atoms with van der Waals surface area (Å²) in [7, 11) is 0. The zero-order chi connectivity index (χ0) is 17.7. The molecule has 0 bridgehead atoms. The molecule has 0 radical (unpaired) electrons. The fourth-order valence-electron chi connectivity index (χ4n) is 2.21. The molecule has 0 aliphatic carbocycles. The highest BCUT2D eigenvalue weighted by Crippen LogP contribution is 2.22. The summed E-state index contributed by atoms with van der Waals surface area (Å²) >= 11 is 0. The van der Waals surface area contributed by atoms with Crippen molar-refractivity contribution in [2.45, 2.75) is 26.9 Å². The van der Waals surface area contributed by atoms with Crippen molar-refractivity contribution in [3.05, 3.63) is 29.8 Å². The Morgan fingerprint density at radius 2 is 1.88 bits per heavy atom. The number of ether oxygens (including phenoxy) is 1. The Hall–Kier alpha value is -2.90. The summed E-state index contributed by atoms with van der Waals surface area (Å²) in [6, 6.07) is 7.18. The van der Waals surface area contributed by atoms with Crippen molar-refractivity contribution in [2.75, 3.05) is 18.0 Å². The zero-order valence-electron chi connectivity index (χ0n) is 13.8. The van der Waals surface area contributed by atoms with E-state index in [-0.39, 0.29) is 24.5 Å². The van der Waals surface area contributed by atoms with E-state index < -0.39 is 6.09 Å². The first kappa shape index (κ1) is 17.5. The van der Waals surface area contributed by atoms with Crippen LogP contribution in [-0.2, 0) is 14.3 Å². The highest BCUT2D eigenvalue weighted by Gasteiger charge is 2.32. The van der Waals surface area contributed by atoms with Gasteiger partial charge < -0.3 is 10.1 Å². The van der Waals surface area contributed by atoms with E-state index >= 15 is 0 Å².